The molecule has 2 heterocycles. The molecule has 9 nitrogen and oxygen atoms in total. The van der Waals surface area contributed by atoms with Crippen molar-refractivity contribution >= 4 is 45.0 Å². The van der Waals surface area contributed by atoms with E-state index in [0.717, 1.165) is 21.8 Å². The number of nitrogens with zero attached hydrogens (tertiary/aromatic N) is 4. The van der Waals surface area contributed by atoms with E-state index >= 15 is 0 Å². The van der Waals surface area contributed by atoms with Gasteiger partial charge in [0.05, 0.1) is 5.02 Å². The number of aromatic nitrogens is 4. The summed E-state index contributed by atoms with van der Waals surface area (Å²) < 4.78 is 24.6. The Morgan fingerprint density at radius 3 is 2.85 bits per heavy atom. The lowest BCUT2D eigenvalue weighted by molar-refractivity contribution is 0.0921. The van der Waals surface area contributed by atoms with Gasteiger partial charge in [-0.25, -0.2) is 13.6 Å². The topological polar surface area (TPSA) is 133 Å². The third kappa shape index (κ3) is 3.90. The predicted octanol–water partition coefficient (Wildman–Crippen LogP) is 1.73. The minimum absolute atomic E-state index is 0.0337. The molecular formula is C14H15ClN6O3S2. The molecule has 1 aromatic carbocycles. The largest absolute Gasteiger partial charge is 0.380 e. The van der Waals surface area contributed by atoms with Gasteiger partial charge in [-0.05, 0) is 33.9 Å². The zero-order valence-electron chi connectivity index (χ0n) is 13.6. The summed E-state index contributed by atoms with van der Waals surface area (Å²) in [5, 5.41) is 19.4. The van der Waals surface area contributed by atoms with Crippen molar-refractivity contribution in [2.45, 2.75) is 18.2 Å². The zero-order chi connectivity index (χ0) is 18.9. The van der Waals surface area contributed by atoms with Crippen molar-refractivity contribution in [2.75, 3.05) is 17.6 Å². The number of carbonyl (C=O) groups is 1. The average molecular weight is 415 g/mol. The molecule has 2 aromatic rings. The highest BCUT2D eigenvalue weighted by Gasteiger charge is 2.22. The SMILES string of the molecule is CC(=O)n1nnnc1-c1cc(S(N)(=O)=O)c(Cl)cc1NCC1=CCCS1. The Morgan fingerprint density at radius 1 is 1.46 bits per heavy atom. The second-order valence-electron chi connectivity index (χ2n) is 5.47. The summed E-state index contributed by atoms with van der Waals surface area (Å²) in [5.74, 6) is 0.698. The van der Waals surface area contributed by atoms with Gasteiger partial charge in [0, 0.05) is 30.5 Å². The Labute approximate surface area is 159 Å². The van der Waals surface area contributed by atoms with Gasteiger partial charge in [-0.2, -0.15) is 4.68 Å². The summed E-state index contributed by atoms with van der Waals surface area (Å²) >= 11 is 7.84. The number of nitrogens with two attached hydrogens (primary N) is 1. The minimum Gasteiger partial charge on any atom is -0.380 e. The van der Waals surface area contributed by atoms with Crippen LogP contribution in [0.1, 0.15) is 18.1 Å². The van der Waals surface area contributed by atoms with Crippen LogP contribution in [0.4, 0.5) is 5.69 Å². The maximum Gasteiger partial charge on any atom is 0.247 e. The summed E-state index contributed by atoms with van der Waals surface area (Å²) in [6, 6.07) is 2.71. The van der Waals surface area contributed by atoms with Crippen molar-refractivity contribution in [2.24, 2.45) is 5.14 Å². The summed E-state index contributed by atoms with van der Waals surface area (Å²) in [6.07, 6.45) is 3.12. The van der Waals surface area contributed by atoms with Crippen LogP contribution in [0.5, 0.6) is 0 Å². The maximum atomic E-state index is 11.8. The quantitative estimate of drug-likeness (QED) is 0.706. The Bertz CT molecular complexity index is 1000. The van der Waals surface area contributed by atoms with Crippen molar-refractivity contribution in [1.29, 1.82) is 0 Å². The van der Waals surface area contributed by atoms with Gasteiger partial charge in [0.1, 0.15) is 4.90 Å². The number of carbonyl (C=O) groups excluding carboxylic acids is 1. The van der Waals surface area contributed by atoms with Crippen LogP contribution >= 0.6 is 23.4 Å². The van der Waals surface area contributed by atoms with E-state index in [0.29, 0.717) is 17.8 Å². The molecule has 0 fully saturated rings. The summed E-state index contributed by atoms with van der Waals surface area (Å²) in [4.78, 5) is 12.6. The Morgan fingerprint density at radius 2 is 2.23 bits per heavy atom. The van der Waals surface area contributed by atoms with E-state index in [2.05, 4.69) is 26.9 Å². The molecule has 3 rings (SSSR count). The number of tetrazole rings is 1. The van der Waals surface area contributed by atoms with Crippen molar-refractivity contribution < 1.29 is 13.2 Å². The van der Waals surface area contributed by atoms with Gasteiger partial charge in [0.15, 0.2) is 5.82 Å². The van der Waals surface area contributed by atoms with Crippen molar-refractivity contribution in [3.8, 4) is 11.4 Å². The number of anilines is 1. The first-order valence-electron chi connectivity index (χ1n) is 7.49. The molecule has 0 aliphatic carbocycles. The highest BCUT2D eigenvalue weighted by atomic mass is 35.5. The molecule has 3 N–H and O–H groups in total. The fourth-order valence-electron chi connectivity index (χ4n) is 2.44. The van der Waals surface area contributed by atoms with Crippen LogP contribution in [0, 0.1) is 0 Å². The number of primary sulfonamides is 1. The summed E-state index contributed by atoms with van der Waals surface area (Å²) in [5.41, 5.74) is 0.801. The lowest BCUT2D eigenvalue weighted by Gasteiger charge is -2.14. The number of thioether (sulfide) groups is 1. The molecule has 0 saturated heterocycles. The van der Waals surface area contributed by atoms with Crippen LogP contribution < -0.4 is 10.5 Å². The highest BCUT2D eigenvalue weighted by Crippen LogP contribution is 2.35. The molecule has 0 atom stereocenters. The number of rotatable bonds is 5. The van der Waals surface area contributed by atoms with Crippen LogP contribution in [0.2, 0.25) is 5.02 Å². The van der Waals surface area contributed by atoms with Gasteiger partial charge in [0.25, 0.3) is 0 Å². The molecule has 0 unspecified atom stereocenters. The summed E-state index contributed by atoms with van der Waals surface area (Å²) in [7, 11) is -4.07. The van der Waals surface area contributed by atoms with Crippen molar-refractivity contribution in [3.05, 3.63) is 28.1 Å². The van der Waals surface area contributed by atoms with E-state index in [1.807, 2.05) is 0 Å². The van der Waals surface area contributed by atoms with E-state index in [9.17, 15) is 13.2 Å². The molecule has 1 aromatic heterocycles. The molecule has 1 aliphatic rings. The second-order valence-corrected chi connectivity index (χ2v) is 8.63. The second kappa shape index (κ2) is 7.35. The van der Waals surface area contributed by atoms with Crippen LogP contribution in [-0.4, -0.2) is 46.8 Å². The first-order chi connectivity index (χ1) is 12.3. The van der Waals surface area contributed by atoms with Crippen LogP contribution in [0.3, 0.4) is 0 Å². The molecule has 0 amide bonds. The van der Waals surface area contributed by atoms with Crippen LogP contribution in [0.15, 0.2) is 28.0 Å². The number of halogens is 1. The van der Waals surface area contributed by atoms with Gasteiger partial charge in [0.2, 0.25) is 15.9 Å². The first-order valence-corrected chi connectivity index (χ1v) is 10.4. The van der Waals surface area contributed by atoms with Crippen LogP contribution in [0.25, 0.3) is 11.4 Å². The number of hydrogen-bond donors (Lipinski definition) is 2. The molecule has 0 radical (unpaired) electrons. The molecular weight excluding hydrogens is 400 g/mol. The predicted molar refractivity (Wildman–Crippen MR) is 99.6 cm³/mol. The maximum absolute atomic E-state index is 11.8. The summed E-state index contributed by atoms with van der Waals surface area (Å²) in [6.45, 7) is 1.83. The average Bonchev–Trinajstić information content (AvgIpc) is 3.23. The number of sulfonamides is 1. The molecule has 138 valence electrons. The smallest absolute Gasteiger partial charge is 0.247 e. The highest BCUT2D eigenvalue weighted by molar-refractivity contribution is 8.03. The fourth-order valence-corrected chi connectivity index (χ4v) is 4.45. The van der Waals surface area contributed by atoms with Gasteiger partial charge in [-0.15, -0.1) is 16.9 Å². The molecule has 1 aliphatic heterocycles. The van der Waals surface area contributed by atoms with Crippen LogP contribution in [-0.2, 0) is 10.0 Å². The van der Waals surface area contributed by atoms with E-state index in [1.165, 1.54) is 19.1 Å². The van der Waals surface area contributed by atoms with Crippen molar-refractivity contribution in [1.82, 2.24) is 20.2 Å². The number of benzene rings is 1. The molecule has 0 saturated carbocycles. The van der Waals surface area contributed by atoms with Gasteiger partial charge in [-0.1, -0.05) is 17.7 Å². The third-order valence-corrected chi connectivity index (χ3v) is 6.11. The lowest BCUT2D eigenvalue weighted by Crippen LogP contribution is -2.15. The van der Waals surface area contributed by atoms with E-state index in [-0.39, 0.29) is 15.7 Å². The molecule has 0 bridgehead atoms. The first kappa shape index (κ1) is 18.8. The van der Waals surface area contributed by atoms with E-state index in [4.69, 9.17) is 16.7 Å². The fraction of sp³-hybridized carbons (Fsp3) is 0.286. The minimum atomic E-state index is -4.07. The lowest BCUT2D eigenvalue weighted by atomic mass is 10.1. The molecule has 0 spiro atoms. The number of nitrogens with one attached hydrogen (secondary N) is 1. The van der Waals surface area contributed by atoms with E-state index < -0.39 is 15.9 Å². The Balaban J connectivity index is 2.11. The van der Waals surface area contributed by atoms with Crippen molar-refractivity contribution in [3.63, 3.8) is 0 Å². The monoisotopic (exact) mass is 414 g/mol. The molecule has 12 heteroatoms. The van der Waals surface area contributed by atoms with Gasteiger partial charge >= 0.3 is 0 Å². The van der Waals surface area contributed by atoms with Gasteiger partial charge in [-0.3, -0.25) is 4.79 Å². The molecule has 26 heavy (non-hydrogen) atoms. The van der Waals surface area contributed by atoms with Gasteiger partial charge < -0.3 is 5.32 Å². The number of allylic oxidation sites excluding steroid dienone is 1. The standard InChI is InChI=1S/C14H15ClN6O3S2/c1-8(22)21-14(18-19-20-21)10-5-13(26(16,23)24)11(15)6-12(10)17-7-9-3-2-4-25-9/h3,5-6,17H,2,4,7H2,1H3,(H2,16,23,24). The normalized spacial score (nSPS) is 14.3. The Kier molecular flexibility index (Phi) is 5.32. The zero-order valence-corrected chi connectivity index (χ0v) is 16.0. The Hall–Kier alpha value is -1.95. The van der Waals surface area contributed by atoms with E-state index in [1.54, 1.807) is 11.8 Å². The third-order valence-electron chi connectivity index (χ3n) is 3.62. The number of hydrogen-bond acceptors (Lipinski definition) is 8.